The molecule has 0 aliphatic heterocycles. The van der Waals surface area contributed by atoms with Crippen LogP contribution in [-0.4, -0.2) is 36.9 Å². The van der Waals surface area contributed by atoms with E-state index in [1.54, 1.807) is 0 Å². The van der Waals surface area contributed by atoms with Gasteiger partial charge in [-0.05, 0) is 36.3 Å². The van der Waals surface area contributed by atoms with Crippen molar-refractivity contribution in [3.8, 4) is 5.75 Å². The maximum atomic E-state index is 12.1. The van der Waals surface area contributed by atoms with Crippen molar-refractivity contribution in [2.45, 2.75) is 26.0 Å². The van der Waals surface area contributed by atoms with Crippen LogP contribution in [0, 0.1) is 4.77 Å². The fourth-order valence-electron chi connectivity index (χ4n) is 2.72. The molecule has 3 rings (SSSR count). The van der Waals surface area contributed by atoms with E-state index < -0.39 is 17.4 Å². The van der Waals surface area contributed by atoms with Gasteiger partial charge in [0.15, 0.2) is 10.3 Å². The molecule has 0 bridgehead atoms. The van der Waals surface area contributed by atoms with E-state index in [0.717, 1.165) is 6.42 Å². The molecule has 0 unspecified atom stereocenters. The van der Waals surface area contributed by atoms with Crippen LogP contribution in [0.15, 0.2) is 33.9 Å². The average molecular weight is 376 g/mol. The van der Waals surface area contributed by atoms with Crippen LogP contribution in [-0.2, 0) is 20.0 Å². The smallest absolute Gasteiger partial charge is 0.329 e. The number of imidazole rings is 1. The molecule has 2 aromatic heterocycles. The monoisotopic (exact) mass is 376 g/mol. The summed E-state index contributed by atoms with van der Waals surface area (Å²) in [5.41, 5.74) is 0.632. The molecule has 0 spiro atoms. The SMILES string of the molecule is CCc1ccc(OC[C@@H](O)Cn2c(=S)[nH]c3c2c(=O)[nH]c(=O)n3C)cc1. The quantitative estimate of drug-likeness (QED) is 0.559. The van der Waals surface area contributed by atoms with Crippen molar-refractivity contribution in [3.05, 3.63) is 55.4 Å². The number of ether oxygens (including phenoxy) is 1. The van der Waals surface area contributed by atoms with Crippen molar-refractivity contribution < 1.29 is 9.84 Å². The molecular weight excluding hydrogens is 356 g/mol. The number of nitrogens with one attached hydrogen (secondary N) is 2. The van der Waals surface area contributed by atoms with Crippen molar-refractivity contribution in [1.29, 1.82) is 0 Å². The van der Waals surface area contributed by atoms with Crippen molar-refractivity contribution in [2.75, 3.05) is 6.61 Å². The maximum Gasteiger partial charge on any atom is 0.329 e. The molecule has 0 saturated carbocycles. The summed E-state index contributed by atoms with van der Waals surface area (Å²) in [6.07, 6.45) is 0.0573. The van der Waals surface area contributed by atoms with Gasteiger partial charge in [0, 0.05) is 7.05 Å². The van der Waals surface area contributed by atoms with Gasteiger partial charge in [-0.1, -0.05) is 19.1 Å². The van der Waals surface area contributed by atoms with Crippen LogP contribution in [0.25, 0.3) is 11.2 Å². The third-order valence-electron chi connectivity index (χ3n) is 4.21. The summed E-state index contributed by atoms with van der Waals surface area (Å²) >= 11 is 5.23. The highest BCUT2D eigenvalue weighted by molar-refractivity contribution is 7.71. The summed E-state index contributed by atoms with van der Waals surface area (Å²) in [6, 6.07) is 7.64. The molecule has 0 radical (unpaired) electrons. The van der Waals surface area contributed by atoms with E-state index in [0.29, 0.717) is 11.4 Å². The van der Waals surface area contributed by atoms with Crippen molar-refractivity contribution >= 4 is 23.4 Å². The Morgan fingerprint density at radius 2 is 1.92 bits per heavy atom. The number of benzene rings is 1. The second-order valence-corrected chi connectivity index (χ2v) is 6.41. The summed E-state index contributed by atoms with van der Waals surface area (Å²) in [5.74, 6) is 0.656. The number of aromatic nitrogens is 4. The molecule has 0 saturated heterocycles. The maximum absolute atomic E-state index is 12.1. The van der Waals surface area contributed by atoms with E-state index in [9.17, 15) is 14.7 Å². The molecule has 0 amide bonds. The Morgan fingerprint density at radius 3 is 2.58 bits per heavy atom. The summed E-state index contributed by atoms with van der Waals surface area (Å²) in [6.45, 7) is 2.18. The zero-order chi connectivity index (χ0) is 18.8. The third kappa shape index (κ3) is 3.49. The standard InChI is InChI=1S/C17H20N4O4S/c1-3-10-4-6-12(7-5-10)25-9-11(22)8-21-13-14(18-17(21)26)20(2)16(24)19-15(13)23/h4-7,11,22H,3,8-9H2,1-2H3,(H,18,26)(H,19,23,24)/t11-/m0/s1. The average Bonchev–Trinajstić information content (AvgIpc) is 2.95. The summed E-state index contributed by atoms with van der Waals surface area (Å²) < 4.78 is 8.58. The molecule has 0 fully saturated rings. The predicted octanol–water partition coefficient (Wildman–Crippen LogP) is 1.09. The van der Waals surface area contributed by atoms with Crippen LogP contribution < -0.4 is 16.0 Å². The molecule has 1 atom stereocenters. The van der Waals surface area contributed by atoms with Gasteiger partial charge in [0.25, 0.3) is 5.56 Å². The third-order valence-corrected chi connectivity index (χ3v) is 4.53. The highest BCUT2D eigenvalue weighted by Crippen LogP contribution is 2.14. The number of aliphatic hydroxyl groups is 1. The number of aryl methyl sites for hydroxylation is 2. The zero-order valence-corrected chi connectivity index (χ0v) is 15.3. The number of hydrogen-bond donors (Lipinski definition) is 3. The van der Waals surface area contributed by atoms with Gasteiger partial charge in [-0.3, -0.25) is 14.3 Å². The molecular formula is C17H20N4O4S. The number of aliphatic hydroxyl groups excluding tert-OH is 1. The fourth-order valence-corrected chi connectivity index (χ4v) is 2.99. The molecule has 9 heteroatoms. The fraction of sp³-hybridized carbons (Fsp3) is 0.353. The van der Waals surface area contributed by atoms with Gasteiger partial charge in [-0.25, -0.2) is 4.79 Å². The molecule has 26 heavy (non-hydrogen) atoms. The van der Waals surface area contributed by atoms with Gasteiger partial charge in [0.05, 0.1) is 6.54 Å². The van der Waals surface area contributed by atoms with Crippen LogP contribution in [0.4, 0.5) is 0 Å². The number of fused-ring (bicyclic) bond motifs is 1. The first kappa shape index (κ1) is 18.2. The Kier molecular flexibility index (Phi) is 5.10. The Hall–Kier alpha value is -2.65. The summed E-state index contributed by atoms with van der Waals surface area (Å²) in [7, 11) is 1.52. The van der Waals surface area contributed by atoms with E-state index in [1.165, 1.54) is 21.7 Å². The molecule has 3 aromatic rings. The first-order chi connectivity index (χ1) is 12.4. The van der Waals surface area contributed by atoms with E-state index in [-0.39, 0.29) is 23.4 Å². The topological polar surface area (TPSA) is 105 Å². The van der Waals surface area contributed by atoms with Gasteiger partial charge in [-0.15, -0.1) is 0 Å². The van der Waals surface area contributed by atoms with Crippen LogP contribution in [0.1, 0.15) is 12.5 Å². The number of hydrogen-bond acceptors (Lipinski definition) is 5. The molecule has 1 aromatic carbocycles. The lowest BCUT2D eigenvalue weighted by atomic mass is 10.2. The predicted molar refractivity (Wildman–Crippen MR) is 100 cm³/mol. The van der Waals surface area contributed by atoms with E-state index >= 15 is 0 Å². The summed E-state index contributed by atoms with van der Waals surface area (Å²) in [4.78, 5) is 28.9. The molecule has 8 nitrogen and oxygen atoms in total. The lowest BCUT2D eigenvalue weighted by molar-refractivity contribution is 0.0930. The number of aromatic amines is 2. The largest absolute Gasteiger partial charge is 0.491 e. The number of rotatable bonds is 6. The molecule has 2 heterocycles. The van der Waals surface area contributed by atoms with E-state index in [1.807, 2.05) is 24.3 Å². The number of nitrogens with zero attached hydrogens (tertiary/aromatic N) is 2. The van der Waals surface area contributed by atoms with Crippen molar-refractivity contribution in [3.63, 3.8) is 0 Å². The molecule has 0 aliphatic carbocycles. The highest BCUT2D eigenvalue weighted by atomic mass is 32.1. The Balaban J connectivity index is 1.79. The van der Waals surface area contributed by atoms with Crippen LogP contribution in [0.5, 0.6) is 5.75 Å². The Morgan fingerprint density at radius 1 is 1.23 bits per heavy atom. The number of H-pyrrole nitrogens is 2. The minimum Gasteiger partial charge on any atom is -0.491 e. The van der Waals surface area contributed by atoms with Gasteiger partial charge >= 0.3 is 5.69 Å². The molecule has 0 aliphatic rings. The van der Waals surface area contributed by atoms with Crippen LogP contribution >= 0.6 is 12.2 Å². The highest BCUT2D eigenvalue weighted by Gasteiger charge is 2.16. The second-order valence-electron chi connectivity index (χ2n) is 6.02. The molecule has 138 valence electrons. The zero-order valence-electron chi connectivity index (χ0n) is 14.5. The van der Waals surface area contributed by atoms with Crippen molar-refractivity contribution in [2.24, 2.45) is 7.05 Å². The second kappa shape index (κ2) is 7.30. The van der Waals surface area contributed by atoms with Gasteiger partial charge in [0.2, 0.25) is 0 Å². The van der Waals surface area contributed by atoms with Gasteiger partial charge < -0.3 is 19.4 Å². The van der Waals surface area contributed by atoms with Crippen LogP contribution in [0.3, 0.4) is 0 Å². The Labute approximate surface area is 153 Å². The normalized spacial score (nSPS) is 12.4. The molecule has 3 N–H and O–H groups in total. The first-order valence-electron chi connectivity index (χ1n) is 8.22. The Bertz CT molecular complexity index is 1090. The minimum atomic E-state index is -0.886. The van der Waals surface area contributed by atoms with E-state index in [2.05, 4.69) is 16.9 Å². The van der Waals surface area contributed by atoms with Crippen molar-refractivity contribution in [1.82, 2.24) is 19.1 Å². The lowest BCUT2D eigenvalue weighted by Gasteiger charge is -2.13. The van der Waals surface area contributed by atoms with Crippen LogP contribution in [0.2, 0.25) is 0 Å². The first-order valence-corrected chi connectivity index (χ1v) is 8.63. The van der Waals surface area contributed by atoms with Gasteiger partial charge in [0.1, 0.15) is 24.1 Å². The summed E-state index contributed by atoms with van der Waals surface area (Å²) in [5, 5.41) is 10.3. The lowest BCUT2D eigenvalue weighted by Crippen LogP contribution is -2.30. The van der Waals surface area contributed by atoms with E-state index in [4.69, 9.17) is 17.0 Å². The van der Waals surface area contributed by atoms with Gasteiger partial charge in [-0.2, -0.15) is 0 Å². The minimum absolute atomic E-state index is 0.0452.